The largest absolute Gasteiger partial charge is 0.491 e. The van der Waals surface area contributed by atoms with E-state index < -0.39 is 10.0 Å². The van der Waals surface area contributed by atoms with Crippen molar-refractivity contribution in [3.05, 3.63) is 42.2 Å². The van der Waals surface area contributed by atoms with Crippen molar-refractivity contribution in [1.29, 1.82) is 0 Å². The normalized spacial score (nSPS) is 21.2. The van der Waals surface area contributed by atoms with Gasteiger partial charge in [-0.2, -0.15) is 5.10 Å². The molecule has 0 bridgehead atoms. The Labute approximate surface area is 148 Å². The lowest BCUT2D eigenvalue weighted by atomic mass is 10.0. The Morgan fingerprint density at radius 2 is 2.12 bits per heavy atom. The molecule has 25 heavy (non-hydrogen) atoms. The highest BCUT2D eigenvalue weighted by Gasteiger charge is 2.28. The Morgan fingerprint density at radius 1 is 1.36 bits per heavy atom. The molecule has 3 rings (SSSR count). The predicted octanol–water partition coefficient (Wildman–Crippen LogP) is 1.66. The van der Waals surface area contributed by atoms with Gasteiger partial charge in [0.2, 0.25) is 10.0 Å². The second-order valence-corrected chi connectivity index (χ2v) is 8.10. The van der Waals surface area contributed by atoms with Gasteiger partial charge in [0.15, 0.2) is 0 Å². The molecule has 1 aliphatic rings. The zero-order valence-electron chi connectivity index (χ0n) is 14.4. The third-order valence-corrected chi connectivity index (χ3v) is 4.76. The summed E-state index contributed by atoms with van der Waals surface area (Å²) < 4.78 is 38.9. The van der Waals surface area contributed by atoms with Crippen molar-refractivity contribution in [2.75, 3.05) is 19.5 Å². The molecule has 0 aliphatic carbocycles. The van der Waals surface area contributed by atoms with Crippen LogP contribution in [0.3, 0.4) is 0 Å². The molecule has 7 nitrogen and oxygen atoms in total. The van der Waals surface area contributed by atoms with Crippen molar-refractivity contribution < 1.29 is 17.9 Å². The summed E-state index contributed by atoms with van der Waals surface area (Å²) in [6, 6.07) is 7.34. The molecule has 0 saturated carbocycles. The summed E-state index contributed by atoms with van der Waals surface area (Å²) in [6.45, 7) is 2.91. The van der Waals surface area contributed by atoms with Crippen LogP contribution in [0.25, 0.3) is 5.69 Å². The standard InChI is InChI=1S/C17H23N3O4S/c1-13-10-18-20(11-13)14-5-7-15(8-6-14)24-12-17-16(4-3-9-23-17)19-25(2,21)22/h5-8,10-11,16-17,19H,3-4,9,12H2,1-2H3/t16-,17+/m0/s1. The first-order valence-electron chi connectivity index (χ1n) is 8.24. The summed E-state index contributed by atoms with van der Waals surface area (Å²) in [7, 11) is -3.27. The van der Waals surface area contributed by atoms with Gasteiger partial charge in [-0.25, -0.2) is 17.8 Å². The van der Waals surface area contributed by atoms with Crippen LogP contribution in [0.1, 0.15) is 18.4 Å². The van der Waals surface area contributed by atoms with Crippen LogP contribution in [0, 0.1) is 6.92 Å². The van der Waals surface area contributed by atoms with Gasteiger partial charge in [-0.15, -0.1) is 0 Å². The van der Waals surface area contributed by atoms with E-state index in [2.05, 4.69) is 9.82 Å². The lowest BCUT2D eigenvalue weighted by Crippen LogP contribution is -2.49. The van der Waals surface area contributed by atoms with Crippen molar-refractivity contribution >= 4 is 10.0 Å². The number of hydrogen-bond acceptors (Lipinski definition) is 5. The Hall–Kier alpha value is -1.90. The lowest BCUT2D eigenvalue weighted by molar-refractivity contribution is -0.0278. The Morgan fingerprint density at radius 3 is 2.76 bits per heavy atom. The Bertz CT molecular complexity index is 802. The summed E-state index contributed by atoms with van der Waals surface area (Å²) in [4.78, 5) is 0. The van der Waals surface area contributed by atoms with E-state index in [4.69, 9.17) is 9.47 Å². The van der Waals surface area contributed by atoms with Crippen molar-refractivity contribution in [3.8, 4) is 11.4 Å². The fourth-order valence-electron chi connectivity index (χ4n) is 2.84. The minimum atomic E-state index is -3.27. The lowest BCUT2D eigenvalue weighted by Gasteiger charge is -2.31. The SMILES string of the molecule is Cc1cnn(-c2ccc(OC[C@H]3OCCC[C@@H]3NS(C)(=O)=O)cc2)c1. The summed E-state index contributed by atoms with van der Waals surface area (Å²) in [5.74, 6) is 0.708. The van der Waals surface area contributed by atoms with E-state index in [-0.39, 0.29) is 12.1 Å². The molecular formula is C17H23N3O4S. The van der Waals surface area contributed by atoms with Gasteiger partial charge in [0.1, 0.15) is 18.5 Å². The van der Waals surface area contributed by atoms with E-state index in [1.807, 2.05) is 37.4 Å². The van der Waals surface area contributed by atoms with Crippen molar-refractivity contribution in [1.82, 2.24) is 14.5 Å². The second kappa shape index (κ2) is 7.55. The predicted molar refractivity (Wildman–Crippen MR) is 94.5 cm³/mol. The summed E-state index contributed by atoms with van der Waals surface area (Å²) >= 11 is 0. The van der Waals surface area contributed by atoms with Crippen LogP contribution in [0.2, 0.25) is 0 Å². The van der Waals surface area contributed by atoms with E-state index in [0.29, 0.717) is 19.0 Å². The minimum Gasteiger partial charge on any atom is -0.491 e. The Balaban J connectivity index is 1.60. The second-order valence-electron chi connectivity index (χ2n) is 6.32. The highest BCUT2D eigenvalue weighted by Crippen LogP contribution is 2.19. The van der Waals surface area contributed by atoms with Gasteiger partial charge in [-0.3, -0.25) is 0 Å². The first-order valence-corrected chi connectivity index (χ1v) is 10.1. The van der Waals surface area contributed by atoms with Crippen LogP contribution in [0.5, 0.6) is 5.75 Å². The number of aryl methyl sites for hydroxylation is 1. The highest BCUT2D eigenvalue weighted by atomic mass is 32.2. The molecule has 1 aromatic carbocycles. The third kappa shape index (κ3) is 5.04. The Kier molecular flexibility index (Phi) is 5.41. The number of hydrogen-bond donors (Lipinski definition) is 1. The molecular weight excluding hydrogens is 342 g/mol. The van der Waals surface area contributed by atoms with Gasteiger partial charge >= 0.3 is 0 Å². The molecule has 2 aromatic rings. The summed E-state index contributed by atoms with van der Waals surface area (Å²) in [5, 5.41) is 4.27. The van der Waals surface area contributed by atoms with E-state index in [9.17, 15) is 8.42 Å². The first kappa shape index (κ1) is 17.9. The molecule has 2 atom stereocenters. The van der Waals surface area contributed by atoms with Gasteiger partial charge in [-0.1, -0.05) is 0 Å². The quantitative estimate of drug-likeness (QED) is 0.842. The first-order chi connectivity index (χ1) is 11.9. The average molecular weight is 365 g/mol. The van der Waals surface area contributed by atoms with Gasteiger partial charge in [-0.05, 0) is 49.6 Å². The van der Waals surface area contributed by atoms with Gasteiger partial charge in [0.05, 0.1) is 24.2 Å². The molecule has 1 aliphatic heterocycles. The van der Waals surface area contributed by atoms with Gasteiger partial charge in [0, 0.05) is 12.8 Å². The highest BCUT2D eigenvalue weighted by molar-refractivity contribution is 7.88. The van der Waals surface area contributed by atoms with E-state index in [1.54, 1.807) is 10.9 Å². The number of benzene rings is 1. The van der Waals surface area contributed by atoms with E-state index in [1.165, 1.54) is 0 Å². The van der Waals surface area contributed by atoms with Gasteiger partial charge in [0.25, 0.3) is 0 Å². The van der Waals surface area contributed by atoms with Crippen LogP contribution in [-0.4, -0.2) is 49.8 Å². The number of rotatable bonds is 6. The van der Waals surface area contributed by atoms with E-state index in [0.717, 1.165) is 30.3 Å². The zero-order chi connectivity index (χ0) is 17.9. The van der Waals surface area contributed by atoms with Gasteiger partial charge < -0.3 is 9.47 Å². The van der Waals surface area contributed by atoms with Crippen molar-refractivity contribution in [2.24, 2.45) is 0 Å². The number of nitrogens with one attached hydrogen (secondary N) is 1. The maximum absolute atomic E-state index is 11.5. The number of ether oxygens (including phenoxy) is 2. The monoisotopic (exact) mass is 365 g/mol. The molecule has 1 saturated heterocycles. The van der Waals surface area contributed by atoms with Crippen LogP contribution >= 0.6 is 0 Å². The molecule has 0 amide bonds. The molecule has 8 heteroatoms. The third-order valence-electron chi connectivity index (χ3n) is 4.03. The van der Waals surface area contributed by atoms with Crippen LogP contribution in [0.15, 0.2) is 36.7 Å². The molecule has 2 heterocycles. The number of aromatic nitrogens is 2. The van der Waals surface area contributed by atoms with Crippen molar-refractivity contribution in [3.63, 3.8) is 0 Å². The zero-order valence-corrected chi connectivity index (χ0v) is 15.2. The average Bonchev–Trinajstić information content (AvgIpc) is 3.00. The maximum atomic E-state index is 11.5. The smallest absolute Gasteiger partial charge is 0.209 e. The minimum absolute atomic E-state index is 0.255. The summed E-state index contributed by atoms with van der Waals surface area (Å²) in [5.41, 5.74) is 2.05. The molecule has 0 spiro atoms. The molecule has 1 N–H and O–H groups in total. The van der Waals surface area contributed by atoms with Crippen LogP contribution in [-0.2, 0) is 14.8 Å². The molecule has 0 radical (unpaired) electrons. The maximum Gasteiger partial charge on any atom is 0.209 e. The molecule has 1 aromatic heterocycles. The topological polar surface area (TPSA) is 82.4 Å². The van der Waals surface area contributed by atoms with Crippen LogP contribution < -0.4 is 9.46 Å². The van der Waals surface area contributed by atoms with Crippen LogP contribution in [0.4, 0.5) is 0 Å². The summed E-state index contributed by atoms with van der Waals surface area (Å²) in [6.07, 6.45) is 6.21. The molecule has 136 valence electrons. The molecule has 0 unspecified atom stereocenters. The van der Waals surface area contributed by atoms with Crippen molar-refractivity contribution in [2.45, 2.75) is 31.9 Å². The molecule has 1 fully saturated rings. The number of sulfonamides is 1. The fraction of sp³-hybridized carbons (Fsp3) is 0.471. The number of nitrogens with zero attached hydrogens (tertiary/aromatic N) is 2. The van der Waals surface area contributed by atoms with E-state index >= 15 is 0 Å². The fourth-order valence-corrected chi connectivity index (χ4v) is 3.66.